The number of rotatable bonds is 6. The van der Waals surface area contributed by atoms with Gasteiger partial charge in [-0.3, -0.25) is 14.8 Å². The Kier molecular flexibility index (Phi) is 5.43. The quantitative estimate of drug-likeness (QED) is 0.738. The van der Waals surface area contributed by atoms with Crippen molar-refractivity contribution in [3.8, 4) is 5.75 Å². The maximum absolute atomic E-state index is 12.7. The lowest BCUT2D eigenvalue weighted by Crippen LogP contribution is -2.26. The number of aliphatic hydroxyl groups excluding tert-OH is 1. The molecule has 0 spiro atoms. The fraction of sp³-hybridized carbons (Fsp3) is 0.250. The summed E-state index contributed by atoms with van der Waals surface area (Å²) in [5.41, 5.74) is 3.45. The fourth-order valence-electron chi connectivity index (χ4n) is 2.63. The highest BCUT2D eigenvalue weighted by molar-refractivity contribution is 5.33. The van der Waals surface area contributed by atoms with Crippen LogP contribution < -0.4 is 10.3 Å². The van der Waals surface area contributed by atoms with Crippen molar-refractivity contribution < 1.29 is 9.84 Å². The van der Waals surface area contributed by atoms with E-state index in [0.717, 1.165) is 11.3 Å². The van der Waals surface area contributed by atoms with Gasteiger partial charge in [0.05, 0.1) is 42.5 Å². The third-order valence-electron chi connectivity index (χ3n) is 4.18. The molecule has 26 heavy (non-hydrogen) atoms. The van der Waals surface area contributed by atoms with Gasteiger partial charge in [-0.1, -0.05) is 30.3 Å². The van der Waals surface area contributed by atoms with Crippen LogP contribution in [-0.4, -0.2) is 19.6 Å². The molecular weight excluding hydrogens is 330 g/mol. The van der Waals surface area contributed by atoms with Crippen molar-refractivity contribution in [2.24, 2.45) is 0 Å². The minimum absolute atomic E-state index is 0.110. The zero-order chi connectivity index (χ0) is 18.5. The number of aromatic nitrogens is 3. The Labute approximate surface area is 151 Å². The molecule has 0 saturated carbocycles. The van der Waals surface area contributed by atoms with E-state index < -0.39 is 0 Å². The number of pyridine rings is 1. The van der Waals surface area contributed by atoms with Crippen molar-refractivity contribution in [1.29, 1.82) is 0 Å². The summed E-state index contributed by atoms with van der Waals surface area (Å²) in [6.45, 7) is 4.21. The first-order chi connectivity index (χ1) is 12.6. The molecule has 0 aliphatic heterocycles. The van der Waals surface area contributed by atoms with Gasteiger partial charge in [0, 0.05) is 5.69 Å². The van der Waals surface area contributed by atoms with Crippen LogP contribution in [-0.2, 0) is 19.8 Å². The van der Waals surface area contributed by atoms with E-state index in [0.29, 0.717) is 35.9 Å². The lowest BCUT2D eigenvalue weighted by atomic mass is 10.2. The minimum atomic E-state index is -0.154. The highest BCUT2D eigenvalue weighted by atomic mass is 16.5. The molecule has 6 heteroatoms. The molecule has 1 N–H and O–H groups in total. The van der Waals surface area contributed by atoms with Crippen LogP contribution in [0.4, 0.5) is 0 Å². The monoisotopic (exact) mass is 351 g/mol. The summed E-state index contributed by atoms with van der Waals surface area (Å²) in [4.78, 5) is 21.1. The third kappa shape index (κ3) is 3.97. The second-order valence-electron chi connectivity index (χ2n) is 6.10. The predicted molar refractivity (Wildman–Crippen MR) is 98.0 cm³/mol. The molecule has 0 amide bonds. The number of nitrogens with zero attached hydrogens (tertiary/aromatic N) is 3. The number of hydrogen-bond acceptors (Lipinski definition) is 5. The van der Waals surface area contributed by atoms with Crippen LogP contribution in [0.25, 0.3) is 0 Å². The van der Waals surface area contributed by atoms with Crippen LogP contribution in [0.5, 0.6) is 5.75 Å². The molecule has 2 heterocycles. The first-order valence-corrected chi connectivity index (χ1v) is 8.37. The molecule has 0 bridgehead atoms. The molecule has 3 aromatic rings. The van der Waals surface area contributed by atoms with Crippen LogP contribution in [0, 0.1) is 13.8 Å². The molecule has 0 atom stereocenters. The number of hydrogen-bond donors (Lipinski definition) is 1. The van der Waals surface area contributed by atoms with Crippen LogP contribution >= 0.6 is 0 Å². The Morgan fingerprint density at radius 2 is 1.77 bits per heavy atom. The van der Waals surface area contributed by atoms with E-state index in [4.69, 9.17) is 9.84 Å². The number of aliphatic hydroxyl groups is 1. The van der Waals surface area contributed by atoms with E-state index in [-0.39, 0.29) is 12.2 Å². The fourth-order valence-corrected chi connectivity index (χ4v) is 2.63. The smallest absolute Gasteiger partial charge is 0.257 e. The second-order valence-corrected chi connectivity index (χ2v) is 6.10. The van der Waals surface area contributed by atoms with Crippen molar-refractivity contribution >= 4 is 0 Å². The standard InChI is InChI=1S/C20H21N3O3/c1-14-8-19(26-13-16-6-4-3-5-7-16)15(2)20(25)23(14)11-17-9-22-18(12-24)10-21-17/h3-10,24H,11-13H2,1-2H3. The molecule has 0 aliphatic rings. The van der Waals surface area contributed by atoms with Crippen molar-refractivity contribution in [2.45, 2.75) is 33.6 Å². The molecule has 1 aromatic carbocycles. The van der Waals surface area contributed by atoms with Crippen LogP contribution in [0.2, 0.25) is 0 Å². The summed E-state index contributed by atoms with van der Waals surface area (Å²) in [5.74, 6) is 0.592. The van der Waals surface area contributed by atoms with Gasteiger partial charge >= 0.3 is 0 Å². The minimum Gasteiger partial charge on any atom is -0.488 e. The van der Waals surface area contributed by atoms with Gasteiger partial charge in [0.25, 0.3) is 5.56 Å². The van der Waals surface area contributed by atoms with Crippen molar-refractivity contribution in [1.82, 2.24) is 14.5 Å². The van der Waals surface area contributed by atoms with Gasteiger partial charge in [0.15, 0.2) is 0 Å². The Balaban J connectivity index is 1.81. The van der Waals surface area contributed by atoms with Gasteiger partial charge in [0.2, 0.25) is 0 Å². The van der Waals surface area contributed by atoms with Crippen molar-refractivity contribution in [3.63, 3.8) is 0 Å². The SMILES string of the molecule is Cc1c(OCc2ccccc2)cc(C)n(Cc2cnc(CO)cn2)c1=O. The van der Waals surface area contributed by atoms with Crippen molar-refractivity contribution in [3.05, 3.63) is 87.4 Å². The molecule has 0 aliphatic carbocycles. The number of benzene rings is 1. The van der Waals surface area contributed by atoms with E-state index in [1.807, 2.05) is 43.3 Å². The maximum Gasteiger partial charge on any atom is 0.257 e. The Bertz CT molecular complexity index is 935. The van der Waals surface area contributed by atoms with Crippen LogP contribution in [0.15, 0.2) is 53.6 Å². The molecule has 0 radical (unpaired) electrons. The van der Waals surface area contributed by atoms with Gasteiger partial charge in [-0.25, -0.2) is 0 Å². The molecule has 0 fully saturated rings. The largest absolute Gasteiger partial charge is 0.488 e. The van der Waals surface area contributed by atoms with Gasteiger partial charge in [-0.15, -0.1) is 0 Å². The normalized spacial score (nSPS) is 10.7. The first kappa shape index (κ1) is 17.8. The predicted octanol–water partition coefficient (Wildman–Crippen LogP) is 2.37. The molecule has 6 nitrogen and oxygen atoms in total. The Morgan fingerprint density at radius 1 is 1.08 bits per heavy atom. The molecule has 2 aromatic heterocycles. The Hall–Kier alpha value is -2.99. The average molecular weight is 351 g/mol. The van der Waals surface area contributed by atoms with Gasteiger partial charge in [0.1, 0.15) is 12.4 Å². The third-order valence-corrected chi connectivity index (χ3v) is 4.18. The summed E-state index contributed by atoms with van der Waals surface area (Å²) < 4.78 is 7.50. The number of aryl methyl sites for hydroxylation is 1. The average Bonchev–Trinajstić information content (AvgIpc) is 2.68. The van der Waals surface area contributed by atoms with E-state index in [1.54, 1.807) is 17.7 Å². The molecule has 3 rings (SSSR count). The zero-order valence-corrected chi connectivity index (χ0v) is 14.8. The Morgan fingerprint density at radius 3 is 2.42 bits per heavy atom. The number of ether oxygens (including phenoxy) is 1. The zero-order valence-electron chi connectivity index (χ0n) is 14.8. The van der Waals surface area contributed by atoms with Gasteiger partial charge in [-0.05, 0) is 25.5 Å². The van der Waals surface area contributed by atoms with E-state index in [1.165, 1.54) is 6.20 Å². The summed E-state index contributed by atoms with van der Waals surface area (Å²) in [5, 5.41) is 9.03. The lowest BCUT2D eigenvalue weighted by Gasteiger charge is -2.15. The lowest BCUT2D eigenvalue weighted by molar-refractivity contribution is 0.276. The maximum atomic E-state index is 12.7. The molecular formula is C20H21N3O3. The van der Waals surface area contributed by atoms with Gasteiger partial charge in [-0.2, -0.15) is 0 Å². The second kappa shape index (κ2) is 7.93. The molecule has 0 unspecified atom stereocenters. The van der Waals surface area contributed by atoms with E-state index >= 15 is 0 Å². The molecule has 134 valence electrons. The summed E-state index contributed by atoms with van der Waals surface area (Å²) in [7, 11) is 0. The summed E-state index contributed by atoms with van der Waals surface area (Å²) >= 11 is 0. The van der Waals surface area contributed by atoms with Gasteiger partial charge < -0.3 is 14.4 Å². The van der Waals surface area contributed by atoms with Crippen LogP contribution in [0.3, 0.4) is 0 Å². The van der Waals surface area contributed by atoms with Crippen molar-refractivity contribution in [2.75, 3.05) is 0 Å². The van der Waals surface area contributed by atoms with E-state index in [9.17, 15) is 4.79 Å². The highest BCUT2D eigenvalue weighted by Crippen LogP contribution is 2.18. The van der Waals surface area contributed by atoms with E-state index in [2.05, 4.69) is 9.97 Å². The topological polar surface area (TPSA) is 77.2 Å². The van der Waals surface area contributed by atoms with Crippen LogP contribution in [0.1, 0.15) is 28.2 Å². The summed E-state index contributed by atoms with van der Waals surface area (Å²) in [6, 6.07) is 11.7. The first-order valence-electron chi connectivity index (χ1n) is 8.37. The molecule has 0 saturated heterocycles. The summed E-state index contributed by atoms with van der Waals surface area (Å²) in [6.07, 6.45) is 3.09. The highest BCUT2D eigenvalue weighted by Gasteiger charge is 2.12.